The van der Waals surface area contributed by atoms with Crippen molar-refractivity contribution < 1.29 is 23.5 Å². The van der Waals surface area contributed by atoms with Crippen molar-refractivity contribution >= 4 is 23.2 Å². The zero-order valence-corrected chi connectivity index (χ0v) is 21.6. The van der Waals surface area contributed by atoms with Crippen molar-refractivity contribution in [2.75, 3.05) is 33.9 Å². The second-order valence-electron chi connectivity index (χ2n) is 8.74. The Morgan fingerprint density at radius 2 is 1.89 bits per heavy atom. The summed E-state index contributed by atoms with van der Waals surface area (Å²) in [6, 6.07) is 13.1. The molecule has 0 aliphatic carbocycles. The van der Waals surface area contributed by atoms with Gasteiger partial charge < -0.3 is 19.3 Å². The van der Waals surface area contributed by atoms with E-state index < -0.39 is 0 Å². The molecule has 0 spiro atoms. The van der Waals surface area contributed by atoms with E-state index >= 15 is 0 Å². The fourth-order valence-corrected chi connectivity index (χ4v) is 5.49. The largest absolute Gasteiger partial charge is 0.497 e. The fraction of sp³-hybridized carbons (Fsp3) is 0.357. The first kappa shape index (κ1) is 25.7. The minimum absolute atomic E-state index is 0.0504. The quantitative estimate of drug-likeness (QED) is 0.391. The predicted molar refractivity (Wildman–Crippen MR) is 138 cm³/mol. The predicted octanol–water partition coefficient (Wildman–Crippen LogP) is 5.32. The number of ether oxygens (including phenoxy) is 2. The molecular formula is C28H31FN2O4S. The maximum atomic E-state index is 13.8. The van der Waals surface area contributed by atoms with Crippen molar-refractivity contribution in [3.05, 3.63) is 81.3 Å². The van der Waals surface area contributed by atoms with Crippen molar-refractivity contribution in [2.45, 2.75) is 32.2 Å². The number of hydrogen-bond donors (Lipinski definition) is 0. The molecule has 36 heavy (non-hydrogen) atoms. The second kappa shape index (κ2) is 11.6. The highest BCUT2D eigenvalue weighted by atomic mass is 32.1. The molecule has 1 aromatic heterocycles. The zero-order chi connectivity index (χ0) is 25.7. The van der Waals surface area contributed by atoms with E-state index in [1.54, 1.807) is 53.7 Å². The molecule has 2 heterocycles. The highest BCUT2D eigenvalue weighted by molar-refractivity contribution is 7.10. The molecule has 4 rings (SSSR count). The first-order valence-electron chi connectivity index (χ1n) is 12.1. The molecule has 0 fully saturated rings. The number of carbonyl (C=O) groups is 2. The van der Waals surface area contributed by atoms with Gasteiger partial charge in [-0.15, -0.1) is 11.3 Å². The lowest BCUT2D eigenvalue weighted by molar-refractivity contribution is -0.134. The summed E-state index contributed by atoms with van der Waals surface area (Å²) in [5, 5.41) is 2.03. The van der Waals surface area contributed by atoms with Crippen molar-refractivity contribution in [1.82, 2.24) is 9.80 Å². The fourth-order valence-electron chi connectivity index (χ4n) is 4.59. The van der Waals surface area contributed by atoms with Crippen molar-refractivity contribution in [3.8, 4) is 11.5 Å². The molecule has 8 heteroatoms. The van der Waals surface area contributed by atoms with Crippen molar-refractivity contribution in [3.63, 3.8) is 0 Å². The van der Waals surface area contributed by atoms with Crippen LogP contribution in [0.5, 0.6) is 11.5 Å². The molecule has 0 N–H and O–H groups in total. The number of fused-ring (bicyclic) bond motifs is 1. The summed E-state index contributed by atoms with van der Waals surface area (Å²) in [7, 11) is 3.06. The Kier molecular flexibility index (Phi) is 8.25. The molecule has 0 saturated heterocycles. The number of methoxy groups -OCH3 is 2. The molecule has 1 atom stereocenters. The van der Waals surface area contributed by atoms with Gasteiger partial charge in [0.2, 0.25) is 5.91 Å². The molecule has 0 bridgehead atoms. The Labute approximate surface area is 215 Å². The van der Waals surface area contributed by atoms with Crippen molar-refractivity contribution in [2.24, 2.45) is 0 Å². The van der Waals surface area contributed by atoms with Crippen molar-refractivity contribution in [1.29, 1.82) is 0 Å². The molecular weight excluding hydrogens is 479 g/mol. The first-order valence-corrected chi connectivity index (χ1v) is 13.0. The molecule has 3 aromatic rings. The molecule has 1 aliphatic heterocycles. The van der Waals surface area contributed by atoms with E-state index in [0.29, 0.717) is 30.2 Å². The summed E-state index contributed by atoms with van der Waals surface area (Å²) in [6.45, 7) is 2.99. The number of hydrogen-bond acceptors (Lipinski definition) is 5. The molecule has 6 nitrogen and oxygen atoms in total. The molecule has 1 aliphatic rings. The number of unbranched alkanes of at least 4 members (excludes halogenated alkanes) is 1. The van der Waals surface area contributed by atoms with E-state index in [9.17, 15) is 14.0 Å². The number of halogens is 1. The van der Waals surface area contributed by atoms with Gasteiger partial charge in [0.1, 0.15) is 23.9 Å². The number of carbonyl (C=O) groups excluding carboxylic acids is 2. The second-order valence-corrected chi connectivity index (χ2v) is 9.74. The summed E-state index contributed by atoms with van der Waals surface area (Å²) in [5.41, 5.74) is 2.30. The van der Waals surface area contributed by atoms with Gasteiger partial charge in [-0.2, -0.15) is 0 Å². The normalized spacial score (nSPS) is 14.8. The van der Waals surface area contributed by atoms with Gasteiger partial charge >= 0.3 is 0 Å². The van der Waals surface area contributed by atoms with E-state index in [2.05, 4.69) is 0 Å². The van der Waals surface area contributed by atoms with Crippen LogP contribution in [0.1, 0.15) is 52.2 Å². The zero-order valence-electron chi connectivity index (χ0n) is 20.8. The van der Waals surface area contributed by atoms with Gasteiger partial charge in [0, 0.05) is 24.0 Å². The van der Waals surface area contributed by atoms with Gasteiger partial charge in [0.25, 0.3) is 5.91 Å². The lowest BCUT2D eigenvalue weighted by Gasteiger charge is -2.37. The van der Waals surface area contributed by atoms with Crippen LogP contribution in [0.2, 0.25) is 0 Å². The summed E-state index contributed by atoms with van der Waals surface area (Å²) >= 11 is 1.67. The first-order chi connectivity index (χ1) is 17.5. The number of amides is 2. The number of nitrogens with zero attached hydrogens (tertiary/aromatic N) is 2. The molecule has 0 saturated carbocycles. The van der Waals surface area contributed by atoms with E-state index in [-0.39, 0.29) is 30.2 Å². The van der Waals surface area contributed by atoms with Crippen LogP contribution in [0.15, 0.2) is 53.9 Å². The molecule has 1 unspecified atom stereocenters. The standard InChI is InChI=1S/C28H31FN2O4S/c1-4-5-14-30(28(33)22-11-10-21(34-2)17-24(22)35-3)18-26(32)31-15-12-25-23(13-16-36-25)27(31)19-6-8-20(29)9-7-19/h6-11,13,16-17,27H,4-5,12,14-15,18H2,1-3H3. The Morgan fingerprint density at radius 1 is 1.11 bits per heavy atom. The van der Waals surface area contributed by atoms with Gasteiger partial charge in [0.05, 0.1) is 25.8 Å². The SMILES string of the molecule is CCCCN(CC(=O)N1CCc2sccc2C1c1ccc(F)cc1)C(=O)c1ccc(OC)cc1OC. The van der Waals surface area contributed by atoms with Crippen LogP contribution in [0.3, 0.4) is 0 Å². The van der Waals surface area contributed by atoms with Crippen LogP contribution in [-0.4, -0.2) is 55.5 Å². The average molecular weight is 511 g/mol. The van der Waals surface area contributed by atoms with Gasteiger partial charge in [-0.1, -0.05) is 25.5 Å². The van der Waals surface area contributed by atoms with Crippen LogP contribution in [0, 0.1) is 5.82 Å². The van der Waals surface area contributed by atoms with Gasteiger partial charge in [-0.05, 0) is 59.7 Å². The van der Waals surface area contributed by atoms with E-state index in [0.717, 1.165) is 30.4 Å². The third-order valence-corrected chi connectivity index (χ3v) is 7.50. The summed E-state index contributed by atoms with van der Waals surface area (Å²) in [5.74, 6) is 0.267. The average Bonchev–Trinajstić information content (AvgIpc) is 3.39. The number of benzene rings is 2. The summed E-state index contributed by atoms with van der Waals surface area (Å²) in [6.07, 6.45) is 2.41. The van der Waals surface area contributed by atoms with Gasteiger partial charge in [-0.3, -0.25) is 9.59 Å². The lowest BCUT2D eigenvalue weighted by atomic mass is 9.93. The maximum Gasteiger partial charge on any atom is 0.258 e. The third kappa shape index (κ3) is 5.38. The maximum absolute atomic E-state index is 13.8. The lowest BCUT2D eigenvalue weighted by Crippen LogP contribution is -2.47. The number of thiophene rings is 1. The van der Waals surface area contributed by atoms with E-state index in [1.165, 1.54) is 24.1 Å². The molecule has 2 amide bonds. The summed E-state index contributed by atoms with van der Waals surface area (Å²) < 4.78 is 24.4. The summed E-state index contributed by atoms with van der Waals surface area (Å²) in [4.78, 5) is 32.0. The Morgan fingerprint density at radius 3 is 2.58 bits per heavy atom. The van der Waals surface area contributed by atoms with E-state index in [4.69, 9.17) is 9.47 Å². The minimum Gasteiger partial charge on any atom is -0.497 e. The van der Waals surface area contributed by atoms with Crippen LogP contribution in [0.25, 0.3) is 0 Å². The molecule has 0 radical (unpaired) electrons. The highest BCUT2D eigenvalue weighted by Crippen LogP contribution is 2.38. The van der Waals surface area contributed by atoms with Gasteiger partial charge in [0.15, 0.2) is 0 Å². The topological polar surface area (TPSA) is 59.1 Å². The Bertz CT molecular complexity index is 1210. The minimum atomic E-state index is -0.317. The van der Waals surface area contributed by atoms with Gasteiger partial charge in [-0.25, -0.2) is 4.39 Å². The van der Waals surface area contributed by atoms with Crippen LogP contribution >= 0.6 is 11.3 Å². The Balaban J connectivity index is 1.62. The monoisotopic (exact) mass is 510 g/mol. The molecule has 2 aromatic carbocycles. The van der Waals surface area contributed by atoms with Crippen LogP contribution < -0.4 is 9.47 Å². The Hall–Kier alpha value is -3.39. The number of rotatable bonds is 9. The smallest absolute Gasteiger partial charge is 0.258 e. The molecule has 190 valence electrons. The highest BCUT2D eigenvalue weighted by Gasteiger charge is 2.34. The van der Waals surface area contributed by atoms with Crippen LogP contribution in [0.4, 0.5) is 4.39 Å². The third-order valence-electron chi connectivity index (χ3n) is 6.51. The van der Waals surface area contributed by atoms with E-state index in [1.807, 2.05) is 23.3 Å². The van der Waals surface area contributed by atoms with Crippen LogP contribution in [-0.2, 0) is 11.2 Å².